The van der Waals surface area contributed by atoms with E-state index in [0.29, 0.717) is 0 Å². The van der Waals surface area contributed by atoms with Gasteiger partial charge in [0.1, 0.15) is 0 Å². The molecule has 0 spiro atoms. The van der Waals surface area contributed by atoms with E-state index in [9.17, 15) is 5.11 Å². The van der Waals surface area contributed by atoms with Crippen LogP contribution < -0.4 is 0 Å². The van der Waals surface area contributed by atoms with Gasteiger partial charge in [-0.15, -0.1) is 0 Å². The van der Waals surface area contributed by atoms with Crippen LogP contribution in [0.3, 0.4) is 0 Å². The molecular weight excluding hydrogens is 496 g/mol. The molecule has 1 N–H and O–H groups in total. The summed E-state index contributed by atoms with van der Waals surface area (Å²) in [5.41, 5.74) is 9.90. The molecule has 0 atom stereocenters. The molecule has 0 fully saturated rings. The lowest BCUT2D eigenvalue weighted by molar-refractivity contribution is 0.335. The third kappa shape index (κ3) is 25.3. The fourth-order valence-corrected chi connectivity index (χ4v) is 3.46. The van der Waals surface area contributed by atoms with Crippen LogP contribution in [-0.2, 0) is 0 Å². The molecule has 0 rings (SSSR count). The standard InChI is InChI=1S/C40H56O/c1-33(2)18-12-22-37(7)25-15-27-39(9)26-14-24-35(5)20-10-11-21-36(6)28-16-30-40(32-41)31-17-29-38(8)23-13-19-34(3)4/h10-11,14-21,24-31,41H,12-13,22-23,32H2,1-9H3. The van der Waals surface area contributed by atoms with E-state index in [1.165, 1.54) is 33.4 Å². The van der Waals surface area contributed by atoms with E-state index in [4.69, 9.17) is 0 Å². The molecule has 0 aromatic carbocycles. The van der Waals surface area contributed by atoms with Crippen molar-refractivity contribution in [1.82, 2.24) is 0 Å². The first-order valence-electron chi connectivity index (χ1n) is 14.8. The van der Waals surface area contributed by atoms with Crippen LogP contribution in [-0.4, -0.2) is 11.7 Å². The molecule has 0 radical (unpaired) electrons. The van der Waals surface area contributed by atoms with Gasteiger partial charge in [0.05, 0.1) is 6.61 Å². The first kappa shape index (κ1) is 37.6. The summed E-state index contributed by atoms with van der Waals surface area (Å²) in [6.45, 7) is 19.2. The quantitative estimate of drug-likeness (QED) is 0.140. The van der Waals surface area contributed by atoms with E-state index in [1.807, 2.05) is 36.5 Å². The van der Waals surface area contributed by atoms with Gasteiger partial charge in [-0.25, -0.2) is 0 Å². The minimum absolute atomic E-state index is 0.0182. The Morgan fingerprint density at radius 2 is 0.805 bits per heavy atom. The van der Waals surface area contributed by atoms with Crippen LogP contribution in [0.15, 0.2) is 154 Å². The van der Waals surface area contributed by atoms with Crippen LogP contribution in [0.25, 0.3) is 0 Å². The molecule has 41 heavy (non-hydrogen) atoms. The van der Waals surface area contributed by atoms with Crippen molar-refractivity contribution in [3.63, 3.8) is 0 Å². The normalized spacial score (nSPS) is 15.0. The maximum atomic E-state index is 9.64. The first-order valence-corrected chi connectivity index (χ1v) is 14.8. The van der Waals surface area contributed by atoms with Crippen molar-refractivity contribution in [3.8, 4) is 0 Å². The highest BCUT2D eigenvalue weighted by molar-refractivity contribution is 5.33. The highest BCUT2D eigenvalue weighted by Gasteiger charge is 1.90. The molecule has 0 saturated heterocycles. The molecule has 0 aliphatic rings. The molecule has 1 nitrogen and oxygen atoms in total. The van der Waals surface area contributed by atoms with E-state index in [-0.39, 0.29) is 6.61 Å². The largest absolute Gasteiger partial charge is 0.392 e. The fraction of sp³-hybridized carbons (Fsp3) is 0.350. The van der Waals surface area contributed by atoms with Crippen LogP contribution in [0.2, 0.25) is 0 Å². The number of hydrogen-bond acceptors (Lipinski definition) is 1. The average molecular weight is 553 g/mol. The van der Waals surface area contributed by atoms with Crippen molar-refractivity contribution >= 4 is 0 Å². The molecule has 0 amide bonds. The Bertz CT molecular complexity index is 1160. The van der Waals surface area contributed by atoms with Gasteiger partial charge in [-0.05, 0) is 93.6 Å². The van der Waals surface area contributed by atoms with Crippen LogP contribution in [0, 0.1) is 0 Å². The monoisotopic (exact) mass is 552 g/mol. The Morgan fingerprint density at radius 1 is 0.439 bits per heavy atom. The maximum absolute atomic E-state index is 9.64. The van der Waals surface area contributed by atoms with Crippen LogP contribution >= 0.6 is 0 Å². The van der Waals surface area contributed by atoms with Gasteiger partial charge in [-0.2, -0.15) is 0 Å². The minimum atomic E-state index is 0.0182. The summed E-state index contributed by atoms with van der Waals surface area (Å²) in [5.74, 6) is 0. The first-order chi connectivity index (χ1) is 19.5. The lowest BCUT2D eigenvalue weighted by atomic mass is 10.1. The van der Waals surface area contributed by atoms with Gasteiger partial charge in [-0.3, -0.25) is 0 Å². The van der Waals surface area contributed by atoms with Gasteiger partial charge in [0, 0.05) is 0 Å². The molecule has 1 heteroatoms. The molecule has 0 bridgehead atoms. The molecular formula is C40H56O. The van der Waals surface area contributed by atoms with Crippen molar-refractivity contribution in [2.24, 2.45) is 0 Å². The molecule has 0 unspecified atom stereocenters. The van der Waals surface area contributed by atoms with Gasteiger partial charge in [0.25, 0.3) is 0 Å². The minimum Gasteiger partial charge on any atom is -0.392 e. The zero-order valence-corrected chi connectivity index (χ0v) is 27.4. The summed E-state index contributed by atoms with van der Waals surface area (Å²) in [7, 11) is 0. The van der Waals surface area contributed by atoms with E-state index in [2.05, 4.69) is 135 Å². The number of allylic oxidation sites excluding steroid dienone is 24. The SMILES string of the molecule is CC(C)=CCCC(C)=CC=CC(C)=CC=CC(C)=CC=CC=C(C)C=CC=C(C=CC=C(C)CCC=C(C)C)CO. The molecule has 0 aliphatic heterocycles. The highest BCUT2D eigenvalue weighted by Crippen LogP contribution is 2.09. The van der Waals surface area contributed by atoms with Gasteiger partial charge in [0.2, 0.25) is 0 Å². The highest BCUT2D eigenvalue weighted by atomic mass is 16.3. The van der Waals surface area contributed by atoms with Crippen molar-refractivity contribution in [2.75, 3.05) is 6.61 Å². The Kier molecular flexibility index (Phi) is 22.3. The third-order valence-electron chi connectivity index (χ3n) is 6.01. The molecule has 222 valence electrons. The Morgan fingerprint density at radius 3 is 1.22 bits per heavy atom. The van der Waals surface area contributed by atoms with Crippen molar-refractivity contribution in [2.45, 2.75) is 88.0 Å². The van der Waals surface area contributed by atoms with Crippen LogP contribution in [0.5, 0.6) is 0 Å². The lowest BCUT2D eigenvalue weighted by Gasteiger charge is -1.97. The Balaban J connectivity index is 4.82. The Labute approximate surface area is 253 Å². The molecule has 0 saturated carbocycles. The number of hydrogen-bond donors (Lipinski definition) is 1. The van der Waals surface area contributed by atoms with Gasteiger partial charge in [0.15, 0.2) is 0 Å². The number of aliphatic hydroxyl groups is 1. The van der Waals surface area contributed by atoms with E-state index >= 15 is 0 Å². The smallest absolute Gasteiger partial charge is 0.0681 e. The average Bonchev–Trinajstić information content (AvgIpc) is 2.89. The predicted molar refractivity (Wildman–Crippen MR) is 187 cm³/mol. The van der Waals surface area contributed by atoms with Gasteiger partial charge >= 0.3 is 0 Å². The van der Waals surface area contributed by atoms with Crippen molar-refractivity contribution < 1.29 is 5.11 Å². The van der Waals surface area contributed by atoms with Gasteiger partial charge in [-0.1, -0.05) is 148 Å². The van der Waals surface area contributed by atoms with Crippen molar-refractivity contribution in [1.29, 1.82) is 0 Å². The summed E-state index contributed by atoms with van der Waals surface area (Å²) < 4.78 is 0. The fourth-order valence-electron chi connectivity index (χ4n) is 3.46. The van der Waals surface area contributed by atoms with Crippen molar-refractivity contribution in [3.05, 3.63) is 154 Å². The summed E-state index contributed by atoms with van der Waals surface area (Å²) >= 11 is 0. The number of rotatable bonds is 17. The Hall–Kier alpha value is -3.42. The summed E-state index contributed by atoms with van der Waals surface area (Å²) in [5, 5.41) is 9.64. The topological polar surface area (TPSA) is 20.2 Å². The summed E-state index contributed by atoms with van der Waals surface area (Å²) in [6.07, 6.45) is 42.1. The van der Waals surface area contributed by atoms with E-state index < -0.39 is 0 Å². The maximum Gasteiger partial charge on any atom is 0.0681 e. The second-order valence-electron chi connectivity index (χ2n) is 11.1. The number of aliphatic hydroxyl groups excluding tert-OH is 1. The second-order valence-corrected chi connectivity index (χ2v) is 11.1. The van der Waals surface area contributed by atoms with Gasteiger partial charge < -0.3 is 5.11 Å². The summed E-state index contributed by atoms with van der Waals surface area (Å²) in [6, 6.07) is 0. The van der Waals surface area contributed by atoms with E-state index in [1.54, 1.807) is 0 Å². The summed E-state index contributed by atoms with van der Waals surface area (Å²) in [4.78, 5) is 0. The molecule has 0 aromatic heterocycles. The molecule has 0 heterocycles. The van der Waals surface area contributed by atoms with Crippen LogP contribution in [0.4, 0.5) is 0 Å². The van der Waals surface area contributed by atoms with E-state index in [0.717, 1.165) is 36.8 Å². The van der Waals surface area contributed by atoms with Crippen LogP contribution in [0.1, 0.15) is 88.0 Å². The molecule has 0 aliphatic carbocycles. The second kappa shape index (κ2) is 24.4. The lowest BCUT2D eigenvalue weighted by Crippen LogP contribution is -1.84. The third-order valence-corrected chi connectivity index (χ3v) is 6.01. The molecule has 0 aromatic rings. The zero-order valence-electron chi connectivity index (χ0n) is 27.4. The zero-order chi connectivity index (χ0) is 30.9. The predicted octanol–water partition coefficient (Wildman–Crippen LogP) is 11.9.